The van der Waals surface area contributed by atoms with Gasteiger partial charge in [-0.15, -0.1) is 0 Å². The number of nitriles is 1. The highest BCUT2D eigenvalue weighted by atomic mass is 79.9. The predicted octanol–water partition coefficient (Wildman–Crippen LogP) is 3.71. The fourth-order valence-corrected chi connectivity index (χ4v) is 3.30. The maximum absolute atomic E-state index is 9.12. The molecule has 0 amide bonds. The summed E-state index contributed by atoms with van der Waals surface area (Å²) in [5, 5.41) is 13.4. The summed E-state index contributed by atoms with van der Waals surface area (Å²) in [7, 11) is 0. The van der Waals surface area contributed by atoms with E-state index in [0.717, 1.165) is 22.9 Å². The molecule has 122 valence electrons. The quantitative estimate of drug-likeness (QED) is 0.367. The maximum Gasteiger partial charge on any atom is 0.170 e. The van der Waals surface area contributed by atoms with Gasteiger partial charge >= 0.3 is 0 Å². The lowest BCUT2D eigenvalue weighted by Crippen LogP contribution is -2.26. The molecule has 1 saturated carbocycles. The first-order chi connectivity index (χ1) is 11.6. The van der Waals surface area contributed by atoms with Gasteiger partial charge in [0.2, 0.25) is 0 Å². The fraction of sp³-hybridized carbons (Fsp3) is 0.294. The normalized spacial score (nSPS) is 15.4. The number of thiocarbonyl (C=S) groups is 1. The topological polar surface area (TPSA) is 80.0 Å². The zero-order valence-corrected chi connectivity index (χ0v) is 15.3. The molecule has 0 aliphatic heterocycles. The molecule has 1 fully saturated rings. The van der Waals surface area contributed by atoms with Crippen LogP contribution in [0.3, 0.4) is 0 Å². The zero-order chi connectivity index (χ0) is 17.1. The molecule has 1 aromatic heterocycles. The van der Waals surface area contributed by atoms with E-state index >= 15 is 0 Å². The van der Waals surface area contributed by atoms with Crippen LogP contribution in [0.25, 0.3) is 0 Å². The Hall–Kier alpha value is -2.04. The van der Waals surface area contributed by atoms with Gasteiger partial charge in [0.1, 0.15) is 17.5 Å². The van der Waals surface area contributed by atoms with Crippen LogP contribution < -0.4 is 5.73 Å². The molecule has 1 aromatic carbocycles. The summed E-state index contributed by atoms with van der Waals surface area (Å²) in [6.07, 6.45) is 5.87. The number of anilines is 1. The van der Waals surface area contributed by atoms with Gasteiger partial charge in [-0.3, -0.25) is 4.99 Å². The van der Waals surface area contributed by atoms with Crippen LogP contribution in [0.15, 0.2) is 39.9 Å². The molecular weight excluding hydrogens is 386 g/mol. The Morgan fingerprint density at radius 2 is 2.00 bits per heavy atom. The van der Waals surface area contributed by atoms with Crippen molar-refractivity contribution in [1.82, 2.24) is 9.78 Å². The molecule has 2 N–H and O–H groups in total. The van der Waals surface area contributed by atoms with E-state index in [4.69, 9.17) is 28.2 Å². The molecule has 1 heterocycles. The van der Waals surface area contributed by atoms with Crippen LogP contribution >= 0.6 is 28.1 Å². The number of halogens is 1. The Bertz CT molecular complexity index is 826. The van der Waals surface area contributed by atoms with Crippen molar-refractivity contribution in [3.05, 3.63) is 46.1 Å². The van der Waals surface area contributed by atoms with Crippen molar-refractivity contribution in [2.75, 3.05) is 5.73 Å². The van der Waals surface area contributed by atoms with E-state index in [1.807, 2.05) is 30.3 Å². The molecule has 0 bridgehead atoms. The van der Waals surface area contributed by atoms with Crippen LogP contribution in [-0.2, 0) is 0 Å². The largest absolute Gasteiger partial charge is 0.382 e. The van der Waals surface area contributed by atoms with Crippen molar-refractivity contribution in [2.24, 2.45) is 4.99 Å². The molecule has 1 aliphatic rings. The van der Waals surface area contributed by atoms with Gasteiger partial charge in [0.05, 0.1) is 17.1 Å². The van der Waals surface area contributed by atoms with Gasteiger partial charge in [-0.2, -0.15) is 15.0 Å². The Morgan fingerprint density at radius 3 is 2.58 bits per heavy atom. The second-order valence-corrected chi connectivity index (χ2v) is 7.02. The number of nitrogens with two attached hydrogens (primary N) is 1. The third-order valence-electron chi connectivity index (χ3n) is 4.07. The Kier molecular flexibility index (Phi) is 5.07. The van der Waals surface area contributed by atoms with Crippen molar-refractivity contribution in [1.29, 1.82) is 5.26 Å². The van der Waals surface area contributed by atoms with Crippen molar-refractivity contribution in [3.63, 3.8) is 0 Å². The van der Waals surface area contributed by atoms with E-state index in [2.05, 4.69) is 21.0 Å². The second kappa shape index (κ2) is 7.24. The number of hydrogen-bond acceptors (Lipinski definition) is 5. The van der Waals surface area contributed by atoms with E-state index in [0.29, 0.717) is 16.3 Å². The summed E-state index contributed by atoms with van der Waals surface area (Å²) in [6, 6.07) is 9.99. The fourth-order valence-electron chi connectivity index (χ4n) is 2.76. The summed E-state index contributed by atoms with van der Waals surface area (Å²) >= 11 is 9.09. The van der Waals surface area contributed by atoms with E-state index in [9.17, 15) is 0 Å². The van der Waals surface area contributed by atoms with Crippen LogP contribution in [0, 0.1) is 11.3 Å². The van der Waals surface area contributed by atoms with Gasteiger partial charge < -0.3 is 5.73 Å². The van der Waals surface area contributed by atoms with Gasteiger partial charge in [0.25, 0.3) is 0 Å². The van der Waals surface area contributed by atoms with Crippen molar-refractivity contribution in [2.45, 2.75) is 31.7 Å². The summed E-state index contributed by atoms with van der Waals surface area (Å²) in [4.78, 5) is 5.41. The summed E-state index contributed by atoms with van der Waals surface area (Å²) in [5.41, 5.74) is 7.26. The molecule has 1 aliphatic carbocycles. The Balaban J connectivity index is 2.04. The summed E-state index contributed by atoms with van der Waals surface area (Å²) < 4.78 is 2.47. The second-order valence-electron chi connectivity index (χ2n) is 5.69. The summed E-state index contributed by atoms with van der Waals surface area (Å²) in [5.74, 6) is 0.812. The number of aromatic nitrogens is 2. The third kappa shape index (κ3) is 3.40. The molecule has 3 rings (SSSR count). The van der Waals surface area contributed by atoms with Crippen LogP contribution in [0.1, 0.15) is 36.8 Å². The minimum absolute atomic E-state index is 0.225. The lowest BCUT2D eigenvalue weighted by Gasteiger charge is -2.13. The smallest absolute Gasteiger partial charge is 0.170 e. The highest BCUT2D eigenvalue weighted by Gasteiger charge is 2.21. The van der Waals surface area contributed by atoms with E-state index in [1.54, 1.807) is 0 Å². The lowest BCUT2D eigenvalue weighted by molar-refractivity contribution is 0.701. The SMILES string of the molecule is N#Cc1cnn(/C(=N/C2CCCC2)C(=S)c2ccc(Br)cc2)c1N. The molecule has 5 nitrogen and oxygen atoms in total. The number of nitrogen functional groups attached to an aromatic ring is 1. The van der Waals surface area contributed by atoms with Gasteiger partial charge in [-0.1, -0.05) is 53.1 Å². The Morgan fingerprint density at radius 1 is 1.33 bits per heavy atom. The molecular formula is C17H16BrN5S. The van der Waals surface area contributed by atoms with Crippen LogP contribution in [0.2, 0.25) is 0 Å². The first-order valence-corrected chi connectivity index (χ1v) is 8.92. The van der Waals surface area contributed by atoms with Gasteiger partial charge in [-0.25, -0.2) is 0 Å². The number of hydrogen-bond donors (Lipinski definition) is 1. The summed E-state index contributed by atoms with van der Waals surface area (Å²) in [6.45, 7) is 0. The van der Waals surface area contributed by atoms with Crippen LogP contribution in [0.4, 0.5) is 5.82 Å². The van der Waals surface area contributed by atoms with E-state index < -0.39 is 0 Å². The van der Waals surface area contributed by atoms with Crippen LogP contribution in [-0.4, -0.2) is 26.5 Å². The third-order valence-corrected chi connectivity index (χ3v) is 5.01. The number of rotatable bonds is 3. The standard InChI is InChI=1S/C17H16BrN5S/c18-13-7-5-11(6-8-13)15(24)17(22-14-3-1-2-4-14)23-16(20)12(9-19)10-21-23/h5-8,10,14H,1-4,20H2/b22-17+. The molecule has 24 heavy (non-hydrogen) atoms. The minimum Gasteiger partial charge on any atom is -0.382 e. The van der Waals surface area contributed by atoms with Gasteiger partial charge in [0, 0.05) is 4.47 Å². The molecule has 0 radical (unpaired) electrons. The van der Waals surface area contributed by atoms with Gasteiger partial charge in [0.15, 0.2) is 5.84 Å². The van der Waals surface area contributed by atoms with Crippen molar-refractivity contribution >= 4 is 44.7 Å². The molecule has 0 spiro atoms. The first kappa shape index (κ1) is 16.8. The number of aliphatic imine (C=N–C) groups is 1. The highest BCUT2D eigenvalue weighted by molar-refractivity contribution is 9.10. The van der Waals surface area contributed by atoms with Crippen LogP contribution in [0.5, 0.6) is 0 Å². The average Bonchev–Trinajstić information content (AvgIpc) is 3.22. The Labute approximate surface area is 154 Å². The molecule has 0 atom stereocenters. The van der Waals surface area contributed by atoms with E-state index in [-0.39, 0.29) is 11.9 Å². The molecule has 7 heteroatoms. The molecule has 0 saturated heterocycles. The van der Waals surface area contributed by atoms with Gasteiger partial charge in [-0.05, 0) is 30.5 Å². The predicted molar refractivity (Wildman–Crippen MR) is 102 cm³/mol. The number of benzene rings is 1. The monoisotopic (exact) mass is 401 g/mol. The lowest BCUT2D eigenvalue weighted by atomic mass is 10.1. The molecule has 2 aromatic rings. The zero-order valence-electron chi connectivity index (χ0n) is 12.9. The minimum atomic E-state index is 0.225. The highest BCUT2D eigenvalue weighted by Crippen LogP contribution is 2.23. The average molecular weight is 402 g/mol. The first-order valence-electron chi connectivity index (χ1n) is 7.72. The van der Waals surface area contributed by atoms with Crippen molar-refractivity contribution < 1.29 is 0 Å². The number of nitrogens with zero attached hydrogens (tertiary/aromatic N) is 4. The maximum atomic E-state index is 9.12. The molecule has 0 unspecified atom stereocenters. The van der Waals surface area contributed by atoms with Crippen molar-refractivity contribution in [3.8, 4) is 6.07 Å². The van der Waals surface area contributed by atoms with E-state index in [1.165, 1.54) is 23.7 Å².